The zero-order valence-corrected chi connectivity index (χ0v) is 16.6. The first kappa shape index (κ1) is 18.8. The average molecular weight is 390 g/mol. The van der Waals surface area contributed by atoms with Gasteiger partial charge in [-0.1, -0.05) is 13.8 Å². The van der Waals surface area contributed by atoms with Gasteiger partial charge in [-0.15, -0.1) is 0 Å². The van der Waals surface area contributed by atoms with Crippen LogP contribution in [0.25, 0.3) is 5.82 Å². The number of hydrogen-bond donors (Lipinski definition) is 1. The van der Waals surface area contributed by atoms with Gasteiger partial charge < -0.3 is 10.2 Å². The van der Waals surface area contributed by atoms with Gasteiger partial charge in [0.25, 0.3) is 5.91 Å². The van der Waals surface area contributed by atoms with Crippen LogP contribution in [0.4, 0.5) is 5.82 Å². The van der Waals surface area contributed by atoms with E-state index in [2.05, 4.69) is 20.4 Å². The largest absolute Gasteiger partial charge is 0.330 e. The van der Waals surface area contributed by atoms with Crippen LogP contribution in [0.3, 0.4) is 0 Å². The molecule has 148 valence electrons. The lowest BCUT2D eigenvalue weighted by Gasteiger charge is -2.16. The van der Waals surface area contributed by atoms with Gasteiger partial charge in [0.05, 0.1) is 6.54 Å². The van der Waals surface area contributed by atoms with Crippen LogP contribution in [0.5, 0.6) is 0 Å². The van der Waals surface area contributed by atoms with Crippen molar-refractivity contribution in [1.29, 1.82) is 0 Å². The highest BCUT2D eigenvalue weighted by Gasteiger charge is 2.30. The summed E-state index contributed by atoms with van der Waals surface area (Å²) in [4.78, 5) is 35.4. The Bertz CT molecular complexity index is 1070. The van der Waals surface area contributed by atoms with Crippen molar-refractivity contribution in [2.24, 2.45) is 5.92 Å². The van der Waals surface area contributed by atoms with Crippen molar-refractivity contribution >= 4 is 17.6 Å². The first-order chi connectivity index (χ1) is 13.9. The van der Waals surface area contributed by atoms with Crippen molar-refractivity contribution in [3.8, 4) is 5.82 Å². The molecule has 8 nitrogen and oxygen atoms in total. The summed E-state index contributed by atoms with van der Waals surface area (Å²) in [6, 6.07) is 5.56. The molecule has 0 bridgehead atoms. The van der Waals surface area contributed by atoms with E-state index in [4.69, 9.17) is 0 Å². The predicted octanol–water partition coefficient (Wildman–Crippen LogP) is 2.72. The molecule has 0 saturated carbocycles. The second-order valence-electron chi connectivity index (χ2n) is 7.43. The van der Waals surface area contributed by atoms with Crippen molar-refractivity contribution in [3.63, 3.8) is 0 Å². The van der Waals surface area contributed by atoms with Crippen molar-refractivity contribution in [1.82, 2.24) is 24.6 Å². The molecule has 3 aromatic heterocycles. The van der Waals surface area contributed by atoms with Crippen LogP contribution >= 0.6 is 0 Å². The monoisotopic (exact) mass is 390 g/mol. The number of pyridine rings is 2. The number of nitrogens with zero attached hydrogens (tertiary/aromatic N) is 5. The molecule has 0 spiro atoms. The number of anilines is 1. The number of amides is 2. The SMILES string of the molecule is Cc1cc(CN2Cc3c(ccnc3NC(=O)C(C)C)C2=O)cnc1-n1cccn1. The fourth-order valence-electron chi connectivity index (χ4n) is 3.35. The Morgan fingerprint density at radius 1 is 1.28 bits per heavy atom. The molecule has 1 N–H and O–H groups in total. The van der Waals surface area contributed by atoms with E-state index in [9.17, 15) is 9.59 Å². The average Bonchev–Trinajstić information content (AvgIpc) is 3.32. The Labute approximate surface area is 168 Å². The number of nitrogens with one attached hydrogen (secondary N) is 1. The molecule has 4 rings (SSSR count). The highest BCUT2D eigenvalue weighted by molar-refractivity contribution is 6.01. The summed E-state index contributed by atoms with van der Waals surface area (Å²) in [7, 11) is 0. The Balaban J connectivity index is 1.54. The standard InChI is InChI=1S/C21H22N6O2/c1-13(2)20(28)25-18-17-12-26(21(29)16(17)5-7-22-18)11-15-9-14(3)19(23-10-15)27-8-4-6-24-27/h4-10,13H,11-12H2,1-3H3,(H,22,25,28). The molecule has 0 aromatic carbocycles. The van der Waals surface area contributed by atoms with Crippen LogP contribution in [-0.2, 0) is 17.9 Å². The maximum atomic E-state index is 12.9. The number of carbonyl (C=O) groups excluding carboxylic acids is 2. The third-order valence-electron chi connectivity index (χ3n) is 4.89. The van der Waals surface area contributed by atoms with E-state index in [1.54, 1.807) is 34.2 Å². The molecular formula is C21H22N6O2. The molecule has 0 unspecified atom stereocenters. The van der Waals surface area contributed by atoms with Gasteiger partial charge in [-0.2, -0.15) is 5.10 Å². The maximum Gasteiger partial charge on any atom is 0.255 e. The molecule has 0 fully saturated rings. The minimum absolute atomic E-state index is 0.0729. The van der Waals surface area contributed by atoms with Gasteiger partial charge in [-0.05, 0) is 36.2 Å². The third kappa shape index (κ3) is 3.61. The van der Waals surface area contributed by atoms with Crippen LogP contribution in [0.2, 0.25) is 0 Å². The van der Waals surface area contributed by atoms with Crippen LogP contribution in [0.15, 0.2) is 43.0 Å². The summed E-state index contributed by atoms with van der Waals surface area (Å²) in [6.07, 6.45) is 6.87. The van der Waals surface area contributed by atoms with E-state index in [0.717, 1.165) is 22.5 Å². The lowest BCUT2D eigenvalue weighted by Crippen LogP contribution is -2.23. The molecule has 1 aliphatic heterocycles. The van der Waals surface area contributed by atoms with E-state index < -0.39 is 0 Å². The molecule has 1 aliphatic rings. The zero-order valence-electron chi connectivity index (χ0n) is 16.6. The van der Waals surface area contributed by atoms with Gasteiger partial charge >= 0.3 is 0 Å². The van der Waals surface area contributed by atoms with Gasteiger partial charge in [0.15, 0.2) is 5.82 Å². The normalized spacial score (nSPS) is 13.1. The van der Waals surface area contributed by atoms with Crippen molar-refractivity contribution < 1.29 is 9.59 Å². The topological polar surface area (TPSA) is 93.0 Å². The molecule has 0 atom stereocenters. The lowest BCUT2D eigenvalue weighted by atomic mass is 10.1. The smallest absolute Gasteiger partial charge is 0.255 e. The number of carbonyl (C=O) groups is 2. The lowest BCUT2D eigenvalue weighted by molar-refractivity contribution is -0.118. The number of rotatable bonds is 5. The van der Waals surface area contributed by atoms with E-state index in [-0.39, 0.29) is 17.7 Å². The first-order valence-electron chi connectivity index (χ1n) is 9.47. The minimum atomic E-state index is -0.164. The van der Waals surface area contributed by atoms with E-state index in [1.165, 1.54) is 0 Å². The summed E-state index contributed by atoms with van der Waals surface area (Å²) in [6.45, 7) is 6.43. The van der Waals surface area contributed by atoms with Gasteiger partial charge in [0, 0.05) is 48.4 Å². The summed E-state index contributed by atoms with van der Waals surface area (Å²) in [5.74, 6) is 0.864. The molecule has 8 heteroatoms. The maximum absolute atomic E-state index is 12.9. The Morgan fingerprint density at radius 2 is 2.10 bits per heavy atom. The van der Waals surface area contributed by atoms with Gasteiger partial charge in [-0.3, -0.25) is 9.59 Å². The highest BCUT2D eigenvalue weighted by Crippen LogP contribution is 2.29. The molecule has 4 heterocycles. The zero-order chi connectivity index (χ0) is 20.5. The Hall–Kier alpha value is -3.55. The Kier molecular flexibility index (Phi) is 4.84. The quantitative estimate of drug-likeness (QED) is 0.723. The number of hydrogen-bond acceptors (Lipinski definition) is 5. The van der Waals surface area contributed by atoms with Crippen LogP contribution in [0, 0.1) is 12.8 Å². The predicted molar refractivity (Wildman–Crippen MR) is 107 cm³/mol. The number of aryl methyl sites for hydroxylation is 1. The van der Waals surface area contributed by atoms with Gasteiger partial charge in [0.2, 0.25) is 5.91 Å². The van der Waals surface area contributed by atoms with Crippen LogP contribution in [0.1, 0.15) is 40.9 Å². The molecular weight excluding hydrogens is 368 g/mol. The second-order valence-corrected chi connectivity index (χ2v) is 7.43. The van der Waals surface area contributed by atoms with E-state index in [1.807, 2.05) is 39.1 Å². The van der Waals surface area contributed by atoms with Crippen molar-refractivity contribution in [2.45, 2.75) is 33.9 Å². The Morgan fingerprint density at radius 3 is 2.79 bits per heavy atom. The molecule has 0 saturated heterocycles. The fraction of sp³-hybridized carbons (Fsp3) is 0.286. The summed E-state index contributed by atoms with van der Waals surface area (Å²) in [5, 5.41) is 7.04. The fourth-order valence-corrected chi connectivity index (χ4v) is 3.35. The first-order valence-corrected chi connectivity index (χ1v) is 9.47. The molecule has 0 aliphatic carbocycles. The van der Waals surface area contributed by atoms with Crippen molar-refractivity contribution in [3.05, 3.63) is 65.2 Å². The highest BCUT2D eigenvalue weighted by atomic mass is 16.2. The number of fused-ring (bicyclic) bond motifs is 1. The summed E-state index contributed by atoms with van der Waals surface area (Å²) >= 11 is 0. The molecule has 0 radical (unpaired) electrons. The van der Waals surface area contributed by atoms with E-state index in [0.29, 0.717) is 24.5 Å². The van der Waals surface area contributed by atoms with Gasteiger partial charge in [-0.25, -0.2) is 14.6 Å². The van der Waals surface area contributed by atoms with Crippen LogP contribution < -0.4 is 5.32 Å². The second kappa shape index (κ2) is 7.46. The number of aromatic nitrogens is 4. The summed E-state index contributed by atoms with van der Waals surface area (Å²) < 4.78 is 1.71. The third-order valence-corrected chi connectivity index (χ3v) is 4.89. The summed E-state index contributed by atoms with van der Waals surface area (Å²) in [5.41, 5.74) is 3.24. The van der Waals surface area contributed by atoms with E-state index >= 15 is 0 Å². The van der Waals surface area contributed by atoms with Crippen molar-refractivity contribution in [2.75, 3.05) is 5.32 Å². The molecule has 2 amide bonds. The molecule has 3 aromatic rings. The molecule has 29 heavy (non-hydrogen) atoms. The van der Waals surface area contributed by atoms with Gasteiger partial charge in [0.1, 0.15) is 5.82 Å². The minimum Gasteiger partial charge on any atom is -0.330 e. The van der Waals surface area contributed by atoms with Crippen LogP contribution in [-0.4, -0.2) is 36.5 Å².